The van der Waals surface area contributed by atoms with E-state index in [2.05, 4.69) is 15.5 Å². The van der Waals surface area contributed by atoms with Crippen LogP contribution in [-0.2, 0) is 15.4 Å². The molecule has 3 atom stereocenters. The van der Waals surface area contributed by atoms with Crippen molar-refractivity contribution >= 4 is 22.6 Å². The van der Waals surface area contributed by atoms with Crippen LogP contribution in [0.4, 0.5) is 19.4 Å². The number of methoxy groups -OCH3 is 1. The van der Waals surface area contributed by atoms with Crippen LogP contribution < -0.4 is 10.6 Å². The molecule has 0 spiro atoms. The number of amides is 2. The summed E-state index contributed by atoms with van der Waals surface area (Å²) in [5.41, 5.74) is 2.81. The van der Waals surface area contributed by atoms with Crippen molar-refractivity contribution in [2.24, 2.45) is 0 Å². The minimum Gasteiger partial charge on any atom is -0.383 e. The number of para-hydroxylation sites is 1. The Labute approximate surface area is 245 Å². The minimum absolute atomic E-state index is 0.0481. The summed E-state index contributed by atoms with van der Waals surface area (Å²) in [6, 6.07) is 12.2. The number of rotatable bonds is 10. The molecule has 2 aliphatic heterocycles. The first kappa shape index (κ1) is 30.1. The van der Waals surface area contributed by atoms with E-state index in [9.17, 15) is 22.0 Å². The van der Waals surface area contributed by atoms with Gasteiger partial charge in [0, 0.05) is 38.2 Å². The number of nitrogens with one attached hydrogen (secondary N) is 2. The predicted molar refractivity (Wildman–Crippen MR) is 156 cm³/mol. The predicted octanol–water partition coefficient (Wildman–Crippen LogP) is 3.40. The van der Waals surface area contributed by atoms with E-state index in [-0.39, 0.29) is 23.9 Å². The number of carbonyl (C=O) groups is 1. The molecule has 0 radical (unpaired) electrons. The molecule has 0 bridgehead atoms. The summed E-state index contributed by atoms with van der Waals surface area (Å²) in [6.45, 7) is 4.71. The Morgan fingerprint density at radius 3 is 2.62 bits per heavy atom. The van der Waals surface area contributed by atoms with Crippen molar-refractivity contribution in [3.63, 3.8) is 0 Å². The Hall–Kier alpha value is -3.39. The highest BCUT2D eigenvalue weighted by atomic mass is 32.2. The normalized spacial score (nSPS) is 21.3. The lowest BCUT2D eigenvalue weighted by Crippen LogP contribution is -2.42. The van der Waals surface area contributed by atoms with Crippen molar-refractivity contribution < 1.29 is 26.7 Å². The number of thiol groups is 1. The van der Waals surface area contributed by atoms with E-state index >= 15 is 0 Å². The molecule has 226 valence electrons. The van der Waals surface area contributed by atoms with Crippen molar-refractivity contribution in [3.8, 4) is 5.69 Å². The first-order valence-corrected chi connectivity index (χ1v) is 15.4. The average molecular weight is 603 g/mol. The van der Waals surface area contributed by atoms with Crippen molar-refractivity contribution in [1.82, 2.24) is 24.9 Å². The SMILES string of the molecule is COCCN1C[C@@H](NC(=O)Nc2c(C)c([C@H]3CCCN3C[SH](=O)=O)nn2-c2ccccc2)[C@H](c2ccc(F)c(F)c2)C1. The Morgan fingerprint density at radius 2 is 1.90 bits per heavy atom. The van der Waals surface area contributed by atoms with Gasteiger partial charge in [0.2, 0.25) is 0 Å². The molecule has 3 heterocycles. The van der Waals surface area contributed by atoms with E-state index < -0.39 is 28.4 Å². The molecule has 10 nitrogen and oxygen atoms in total. The average Bonchev–Trinajstić information content (AvgIpc) is 3.67. The van der Waals surface area contributed by atoms with Crippen LogP contribution in [0.5, 0.6) is 0 Å². The number of hydrogen-bond donors (Lipinski definition) is 3. The van der Waals surface area contributed by atoms with Gasteiger partial charge in [0.15, 0.2) is 22.3 Å². The fourth-order valence-electron chi connectivity index (χ4n) is 6.01. The summed E-state index contributed by atoms with van der Waals surface area (Å²) < 4.78 is 57.7. The molecule has 1 aromatic heterocycles. The summed E-state index contributed by atoms with van der Waals surface area (Å²) in [4.78, 5) is 17.6. The molecular formula is C29H36F2N6O4S. The van der Waals surface area contributed by atoms with Crippen LogP contribution in [0, 0.1) is 18.6 Å². The van der Waals surface area contributed by atoms with Crippen LogP contribution in [0.25, 0.3) is 5.69 Å². The third kappa shape index (κ3) is 6.64. The van der Waals surface area contributed by atoms with Gasteiger partial charge in [-0.05, 0) is 56.1 Å². The van der Waals surface area contributed by atoms with Gasteiger partial charge in [-0.1, -0.05) is 24.3 Å². The highest BCUT2D eigenvalue weighted by Crippen LogP contribution is 2.36. The molecule has 2 fully saturated rings. The molecule has 2 aromatic carbocycles. The number of benzene rings is 2. The Balaban J connectivity index is 1.41. The number of ether oxygens (including phenoxy) is 1. The number of halogens is 2. The molecule has 5 rings (SSSR count). The zero-order chi connectivity index (χ0) is 29.8. The molecule has 42 heavy (non-hydrogen) atoms. The molecule has 2 N–H and O–H groups in total. The van der Waals surface area contributed by atoms with Crippen LogP contribution in [0.1, 0.15) is 41.6 Å². The monoisotopic (exact) mass is 602 g/mol. The molecule has 2 amide bonds. The largest absolute Gasteiger partial charge is 0.383 e. The fraction of sp³-hybridized carbons (Fsp3) is 0.448. The lowest BCUT2D eigenvalue weighted by atomic mass is 9.94. The number of hydrogen-bond acceptors (Lipinski definition) is 7. The Bertz CT molecular complexity index is 1480. The Kier molecular flexibility index (Phi) is 9.51. The zero-order valence-electron chi connectivity index (χ0n) is 23.6. The quantitative estimate of drug-likeness (QED) is 0.306. The van der Waals surface area contributed by atoms with Gasteiger partial charge in [-0.25, -0.2) is 26.7 Å². The first-order chi connectivity index (χ1) is 20.2. The van der Waals surface area contributed by atoms with E-state index in [0.29, 0.717) is 44.2 Å². The van der Waals surface area contributed by atoms with Gasteiger partial charge in [-0.2, -0.15) is 5.10 Å². The van der Waals surface area contributed by atoms with Gasteiger partial charge in [0.05, 0.1) is 35.9 Å². The van der Waals surface area contributed by atoms with Crippen molar-refractivity contribution in [1.29, 1.82) is 0 Å². The number of aromatic nitrogens is 2. The van der Waals surface area contributed by atoms with Gasteiger partial charge >= 0.3 is 6.03 Å². The van der Waals surface area contributed by atoms with Crippen LogP contribution in [-0.4, -0.2) is 85.8 Å². The molecule has 2 saturated heterocycles. The van der Waals surface area contributed by atoms with E-state index in [1.807, 2.05) is 42.2 Å². The second kappa shape index (κ2) is 13.3. The highest BCUT2D eigenvalue weighted by Gasteiger charge is 2.36. The van der Waals surface area contributed by atoms with Crippen molar-refractivity contribution in [2.75, 3.05) is 51.1 Å². The smallest absolute Gasteiger partial charge is 0.320 e. The van der Waals surface area contributed by atoms with Crippen LogP contribution in [0.2, 0.25) is 0 Å². The lowest BCUT2D eigenvalue weighted by Gasteiger charge is -2.21. The number of nitrogens with zero attached hydrogens (tertiary/aromatic N) is 4. The first-order valence-electron chi connectivity index (χ1n) is 14.0. The van der Waals surface area contributed by atoms with E-state index in [0.717, 1.165) is 35.9 Å². The van der Waals surface area contributed by atoms with Crippen LogP contribution in [0.15, 0.2) is 48.5 Å². The topological polar surface area (TPSA) is 109 Å². The van der Waals surface area contributed by atoms with Crippen LogP contribution in [0.3, 0.4) is 0 Å². The van der Waals surface area contributed by atoms with Crippen molar-refractivity contribution in [2.45, 2.75) is 37.8 Å². The summed E-state index contributed by atoms with van der Waals surface area (Å²) in [7, 11) is -0.970. The van der Waals surface area contributed by atoms with Gasteiger partial charge in [-0.15, -0.1) is 0 Å². The molecular weight excluding hydrogens is 566 g/mol. The maximum absolute atomic E-state index is 14.1. The summed E-state index contributed by atoms with van der Waals surface area (Å²) in [6.07, 6.45) is 1.61. The number of likely N-dealkylation sites (tertiary alicyclic amines) is 2. The summed E-state index contributed by atoms with van der Waals surface area (Å²) >= 11 is 0. The fourth-order valence-corrected chi connectivity index (χ4v) is 6.65. The zero-order valence-corrected chi connectivity index (χ0v) is 24.5. The second-order valence-corrected chi connectivity index (χ2v) is 11.7. The highest BCUT2D eigenvalue weighted by molar-refractivity contribution is 7.72. The van der Waals surface area contributed by atoms with Gasteiger partial charge in [-0.3, -0.25) is 15.1 Å². The molecule has 13 heteroatoms. The van der Waals surface area contributed by atoms with E-state index in [1.165, 1.54) is 6.07 Å². The number of urea groups is 1. The van der Waals surface area contributed by atoms with E-state index in [4.69, 9.17) is 9.84 Å². The van der Waals surface area contributed by atoms with Gasteiger partial charge < -0.3 is 10.1 Å². The van der Waals surface area contributed by atoms with E-state index in [1.54, 1.807) is 17.9 Å². The molecule has 0 unspecified atom stereocenters. The third-order valence-corrected chi connectivity index (χ3v) is 8.66. The number of anilines is 1. The van der Waals surface area contributed by atoms with Gasteiger partial charge in [0.1, 0.15) is 5.82 Å². The molecule has 3 aromatic rings. The summed E-state index contributed by atoms with van der Waals surface area (Å²) in [5, 5.41) is 10.9. The maximum atomic E-state index is 14.1. The standard InChI is InChI=1S/C29H36F2N6O4S/c1-19-27(26-9-6-12-36(26)18-42(39)40)34-37(21-7-4-3-5-8-21)28(19)33-29(38)32-25-17-35(13-14-41-2)16-22(25)20-10-11-23(30)24(31)15-20/h3-5,7-8,10-11,15,22,25-26,42H,6,9,12-14,16-18H2,1-2H3,(H2,32,33,38)/t22-,25+,26+/m0/s1. The molecule has 0 saturated carbocycles. The summed E-state index contributed by atoms with van der Waals surface area (Å²) in [5.74, 6) is -1.68. The molecule has 0 aliphatic carbocycles. The maximum Gasteiger partial charge on any atom is 0.320 e. The van der Waals surface area contributed by atoms with Gasteiger partial charge in [0.25, 0.3) is 0 Å². The van der Waals surface area contributed by atoms with Crippen molar-refractivity contribution in [3.05, 3.63) is 77.0 Å². The molecule has 2 aliphatic rings. The number of carbonyl (C=O) groups excluding carboxylic acids is 1. The van der Waals surface area contributed by atoms with Crippen LogP contribution >= 0.6 is 0 Å². The lowest BCUT2D eigenvalue weighted by molar-refractivity contribution is 0.159. The second-order valence-electron chi connectivity index (χ2n) is 10.8. The minimum atomic E-state index is -2.58. The Morgan fingerprint density at radius 1 is 1.12 bits per heavy atom. The third-order valence-electron chi connectivity index (χ3n) is 8.06.